The van der Waals surface area contributed by atoms with E-state index in [0.717, 1.165) is 11.0 Å². The Morgan fingerprint density at radius 3 is 2.23 bits per heavy atom. The van der Waals surface area contributed by atoms with Crippen LogP contribution in [0.25, 0.3) is 6.08 Å². The fourth-order valence-corrected chi connectivity index (χ4v) is 3.38. The molecule has 2 rings (SSSR count). The summed E-state index contributed by atoms with van der Waals surface area (Å²) in [5.74, 6) is 0. The first-order valence-electron chi connectivity index (χ1n) is 9.55. The number of anilines is 2. The fourth-order valence-electron chi connectivity index (χ4n) is 2.81. The number of sulfonamides is 1. The SMILES string of the molecule is C=Cc1cc([C@@H](C)NC(=O)Nc2ccc(C(C)(C)C)cc2)ccc1NS(=O)(=O)C=C. The van der Waals surface area contributed by atoms with E-state index in [2.05, 4.69) is 49.3 Å². The number of rotatable bonds is 7. The van der Waals surface area contributed by atoms with Crippen molar-refractivity contribution in [2.45, 2.75) is 39.2 Å². The standard InChI is InChI=1S/C23H29N3O3S/c1-7-17-15-18(9-14-21(17)26-30(28,29)8-2)16(3)24-22(27)25-20-12-10-19(11-13-20)23(4,5)6/h7-16,26H,1-2H2,3-6H3,(H2,24,25,27)/t16-/m1/s1. The number of hydrogen-bond acceptors (Lipinski definition) is 3. The van der Waals surface area contributed by atoms with E-state index in [1.807, 2.05) is 31.2 Å². The molecule has 160 valence electrons. The Bertz CT molecular complexity index is 1040. The Hall–Kier alpha value is -3.06. The molecule has 0 aliphatic rings. The number of amides is 2. The molecule has 0 heterocycles. The van der Waals surface area contributed by atoms with Gasteiger partial charge in [-0.25, -0.2) is 13.2 Å². The highest BCUT2D eigenvalue weighted by Crippen LogP contribution is 2.25. The highest BCUT2D eigenvalue weighted by molar-refractivity contribution is 7.95. The quantitative estimate of drug-likeness (QED) is 0.553. The summed E-state index contributed by atoms with van der Waals surface area (Å²) < 4.78 is 25.9. The van der Waals surface area contributed by atoms with E-state index in [9.17, 15) is 13.2 Å². The molecule has 0 spiro atoms. The third-order valence-electron chi connectivity index (χ3n) is 4.62. The molecular weight excluding hydrogens is 398 g/mol. The molecule has 0 aliphatic carbocycles. The molecule has 0 saturated heterocycles. The minimum atomic E-state index is -3.62. The highest BCUT2D eigenvalue weighted by atomic mass is 32.2. The van der Waals surface area contributed by atoms with Gasteiger partial charge in [-0.15, -0.1) is 0 Å². The fraction of sp³-hybridized carbons (Fsp3) is 0.261. The topological polar surface area (TPSA) is 87.3 Å². The van der Waals surface area contributed by atoms with Crippen molar-refractivity contribution in [3.05, 3.63) is 77.7 Å². The summed E-state index contributed by atoms with van der Waals surface area (Å²) in [5, 5.41) is 6.55. The van der Waals surface area contributed by atoms with Crippen LogP contribution in [0, 0.1) is 0 Å². The van der Waals surface area contributed by atoms with Crippen LogP contribution >= 0.6 is 0 Å². The van der Waals surface area contributed by atoms with Gasteiger partial charge in [-0.2, -0.15) is 0 Å². The molecule has 0 radical (unpaired) electrons. The van der Waals surface area contributed by atoms with Crippen molar-refractivity contribution < 1.29 is 13.2 Å². The van der Waals surface area contributed by atoms with E-state index in [4.69, 9.17) is 0 Å². The Labute approximate surface area is 179 Å². The predicted octanol–water partition coefficient (Wildman–Crippen LogP) is 5.40. The minimum Gasteiger partial charge on any atom is -0.331 e. The summed E-state index contributed by atoms with van der Waals surface area (Å²) in [5.41, 5.74) is 3.74. The Balaban J connectivity index is 2.08. The van der Waals surface area contributed by atoms with E-state index in [1.165, 1.54) is 5.56 Å². The zero-order chi connectivity index (χ0) is 22.5. The summed E-state index contributed by atoms with van der Waals surface area (Å²) in [6.07, 6.45) is 1.55. The molecule has 6 nitrogen and oxygen atoms in total. The molecule has 0 aliphatic heterocycles. The molecule has 2 amide bonds. The van der Waals surface area contributed by atoms with Gasteiger partial charge in [0.1, 0.15) is 0 Å². The lowest BCUT2D eigenvalue weighted by Gasteiger charge is -2.20. The Morgan fingerprint density at radius 1 is 1.07 bits per heavy atom. The van der Waals surface area contributed by atoms with Gasteiger partial charge in [-0.05, 0) is 53.3 Å². The van der Waals surface area contributed by atoms with Gasteiger partial charge < -0.3 is 10.6 Å². The normalized spacial score (nSPS) is 12.5. The first-order chi connectivity index (χ1) is 13.9. The van der Waals surface area contributed by atoms with Gasteiger partial charge in [-0.1, -0.05) is 58.2 Å². The number of carbonyl (C=O) groups is 1. The monoisotopic (exact) mass is 427 g/mol. The molecule has 1 atom stereocenters. The van der Waals surface area contributed by atoms with Crippen LogP contribution in [0.15, 0.2) is 61.0 Å². The van der Waals surface area contributed by atoms with Gasteiger partial charge in [-0.3, -0.25) is 4.72 Å². The number of nitrogens with one attached hydrogen (secondary N) is 3. The molecule has 0 saturated carbocycles. The lowest BCUT2D eigenvalue weighted by Crippen LogP contribution is -2.31. The van der Waals surface area contributed by atoms with Gasteiger partial charge in [0.05, 0.1) is 11.7 Å². The van der Waals surface area contributed by atoms with Crippen molar-refractivity contribution in [1.29, 1.82) is 0 Å². The van der Waals surface area contributed by atoms with Gasteiger partial charge in [0.15, 0.2) is 0 Å². The van der Waals surface area contributed by atoms with Gasteiger partial charge in [0, 0.05) is 11.1 Å². The van der Waals surface area contributed by atoms with E-state index in [1.54, 1.807) is 24.3 Å². The average Bonchev–Trinajstić information content (AvgIpc) is 2.67. The van der Waals surface area contributed by atoms with E-state index >= 15 is 0 Å². The average molecular weight is 428 g/mol. The maximum atomic E-state index is 12.4. The van der Waals surface area contributed by atoms with Crippen LogP contribution in [0.2, 0.25) is 0 Å². The number of hydrogen-bond donors (Lipinski definition) is 3. The van der Waals surface area contributed by atoms with Gasteiger partial charge in [0.2, 0.25) is 0 Å². The van der Waals surface area contributed by atoms with E-state index < -0.39 is 10.0 Å². The predicted molar refractivity (Wildman–Crippen MR) is 125 cm³/mol. The Morgan fingerprint density at radius 2 is 1.70 bits per heavy atom. The van der Waals surface area contributed by atoms with Crippen molar-refractivity contribution >= 4 is 33.5 Å². The third-order valence-corrected chi connectivity index (χ3v) is 5.57. The first kappa shape index (κ1) is 23.2. The summed E-state index contributed by atoms with van der Waals surface area (Å²) in [6, 6.07) is 12.3. The molecule has 0 bridgehead atoms. The molecule has 3 N–H and O–H groups in total. The molecule has 30 heavy (non-hydrogen) atoms. The van der Waals surface area contributed by atoms with Gasteiger partial charge in [0.25, 0.3) is 10.0 Å². The minimum absolute atomic E-state index is 0.0458. The van der Waals surface area contributed by atoms with Crippen molar-refractivity contribution in [3.63, 3.8) is 0 Å². The zero-order valence-corrected chi connectivity index (χ0v) is 18.6. The van der Waals surface area contributed by atoms with Crippen LogP contribution in [0.4, 0.5) is 16.2 Å². The molecule has 0 unspecified atom stereocenters. The second-order valence-corrected chi connectivity index (χ2v) is 9.64. The lowest BCUT2D eigenvalue weighted by atomic mass is 9.87. The highest BCUT2D eigenvalue weighted by Gasteiger charge is 2.15. The molecule has 2 aromatic rings. The first-order valence-corrected chi connectivity index (χ1v) is 11.1. The largest absolute Gasteiger partial charge is 0.331 e. The summed E-state index contributed by atoms with van der Waals surface area (Å²) in [4.78, 5) is 12.4. The van der Waals surface area contributed by atoms with Crippen molar-refractivity contribution in [1.82, 2.24) is 5.32 Å². The summed E-state index contributed by atoms with van der Waals surface area (Å²) in [7, 11) is -3.62. The molecule has 2 aromatic carbocycles. The summed E-state index contributed by atoms with van der Waals surface area (Å²) >= 11 is 0. The summed E-state index contributed by atoms with van der Waals surface area (Å²) in [6.45, 7) is 15.3. The molecule has 7 heteroatoms. The smallest absolute Gasteiger partial charge is 0.319 e. The van der Waals surface area contributed by atoms with Crippen LogP contribution in [0.5, 0.6) is 0 Å². The maximum absolute atomic E-state index is 12.4. The van der Waals surface area contributed by atoms with Gasteiger partial charge >= 0.3 is 6.03 Å². The van der Waals surface area contributed by atoms with E-state index in [0.29, 0.717) is 16.9 Å². The van der Waals surface area contributed by atoms with Crippen LogP contribution in [0.3, 0.4) is 0 Å². The van der Waals surface area contributed by atoms with Crippen molar-refractivity contribution in [3.8, 4) is 0 Å². The number of urea groups is 1. The number of carbonyl (C=O) groups excluding carboxylic acids is 1. The molecular formula is C23H29N3O3S. The van der Waals surface area contributed by atoms with Crippen LogP contribution in [-0.2, 0) is 15.4 Å². The third kappa shape index (κ3) is 6.22. The second kappa shape index (κ2) is 9.17. The Kier molecular flexibility index (Phi) is 7.10. The van der Waals surface area contributed by atoms with E-state index in [-0.39, 0.29) is 17.5 Å². The second-order valence-electron chi connectivity index (χ2n) is 8.01. The maximum Gasteiger partial charge on any atom is 0.319 e. The zero-order valence-electron chi connectivity index (χ0n) is 17.8. The van der Waals surface area contributed by atoms with Crippen LogP contribution in [0.1, 0.15) is 50.4 Å². The molecule has 0 fully saturated rings. The van der Waals surface area contributed by atoms with Crippen molar-refractivity contribution in [2.75, 3.05) is 10.0 Å². The molecule has 0 aromatic heterocycles. The van der Waals surface area contributed by atoms with Crippen LogP contribution < -0.4 is 15.4 Å². The van der Waals surface area contributed by atoms with Crippen LogP contribution in [-0.4, -0.2) is 14.4 Å². The lowest BCUT2D eigenvalue weighted by molar-refractivity contribution is 0.249. The number of benzene rings is 2. The van der Waals surface area contributed by atoms with Crippen molar-refractivity contribution in [2.24, 2.45) is 0 Å².